The summed E-state index contributed by atoms with van der Waals surface area (Å²) in [5, 5.41) is 3.46. The van der Waals surface area contributed by atoms with E-state index in [2.05, 4.69) is 64.1 Å². The molecular weight excluding hydrogens is 323 g/mol. The lowest BCUT2D eigenvalue weighted by Crippen LogP contribution is -2.48. The van der Waals surface area contributed by atoms with E-state index in [1.165, 1.54) is 34.9 Å². The highest BCUT2D eigenvalue weighted by Gasteiger charge is 2.40. The van der Waals surface area contributed by atoms with Crippen LogP contribution in [0, 0.1) is 3.57 Å². The molecule has 92 valence electrons. The predicted molar refractivity (Wildman–Crippen MR) is 80.5 cm³/mol. The smallest absolute Gasteiger partial charge is 0.0506 e. The van der Waals surface area contributed by atoms with Crippen LogP contribution < -0.4 is 10.2 Å². The Morgan fingerprint density at radius 1 is 1.18 bits per heavy atom. The van der Waals surface area contributed by atoms with Gasteiger partial charge in [-0.05, 0) is 67.5 Å². The van der Waals surface area contributed by atoms with Gasteiger partial charge in [0, 0.05) is 21.7 Å². The standard InChI is InChI=1S/C14H19IN2/c1-16-10-8-11-6-7-12(9-10)17(11)14-5-3-2-4-13(14)15/h2-5,10-12,16H,6-9H2,1H3. The van der Waals surface area contributed by atoms with Crippen LogP contribution >= 0.6 is 22.6 Å². The molecule has 3 heteroatoms. The van der Waals surface area contributed by atoms with Gasteiger partial charge in [-0.2, -0.15) is 0 Å². The van der Waals surface area contributed by atoms with Crippen LogP contribution in [0.4, 0.5) is 5.69 Å². The van der Waals surface area contributed by atoms with Crippen LogP contribution in [0.5, 0.6) is 0 Å². The highest BCUT2D eigenvalue weighted by atomic mass is 127. The second kappa shape index (κ2) is 4.76. The van der Waals surface area contributed by atoms with Crippen LogP contribution in [0.25, 0.3) is 0 Å². The van der Waals surface area contributed by atoms with Crippen LogP contribution in [0.3, 0.4) is 0 Å². The SMILES string of the molecule is CNC1CC2CCC(C1)N2c1ccccc1I. The molecule has 2 saturated heterocycles. The summed E-state index contributed by atoms with van der Waals surface area (Å²) < 4.78 is 1.39. The minimum absolute atomic E-state index is 0.727. The molecule has 2 fully saturated rings. The first-order valence-electron chi connectivity index (χ1n) is 6.49. The maximum Gasteiger partial charge on any atom is 0.0506 e. The maximum absolute atomic E-state index is 3.46. The van der Waals surface area contributed by atoms with Crippen molar-refractivity contribution < 1.29 is 0 Å². The topological polar surface area (TPSA) is 15.3 Å². The van der Waals surface area contributed by atoms with Gasteiger partial charge in [0.15, 0.2) is 0 Å². The van der Waals surface area contributed by atoms with E-state index < -0.39 is 0 Å². The van der Waals surface area contributed by atoms with Gasteiger partial charge in [0.2, 0.25) is 0 Å². The first kappa shape index (κ1) is 11.8. The lowest BCUT2D eigenvalue weighted by Gasteiger charge is -2.41. The summed E-state index contributed by atoms with van der Waals surface area (Å²) in [6.07, 6.45) is 5.34. The maximum atomic E-state index is 3.46. The Balaban J connectivity index is 1.89. The Bertz CT molecular complexity index is 393. The fourth-order valence-corrected chi connectivity index (χ4v) is 4.13. The highest BCUT2D eigenvalue weighted by Crippen LogP contribution is 2.40. The summed E-state index contributed by atoms with van der Waals surface area (Å²) in [5.41, 5.74) is 1.45. The highest BCUT2D eigenvalue weighted by molar-refractivity contribution is 14.1. The molecule has 0 spiro atoms. The number of anilines is 1. The molecule has 2 unspecified atom stereocenters. The van der Waals surface area contributed by atoms with E-state index in [0.29, 0.717) is 0 Å². The third kappa shape index (κ3) is 2.08. The molecule has 0 radical (unpaired) electrons. The van der Waals surface area contributed by atoms with Crippen LogP contribution in [0.2, 0.25) is 0 Å². The molecule has 2 atom stereocenters. The Morgan fingerprint density at radius 3 is 2.41 bits per heavy atom. The monoisotopic (exact) mass is 342 g/mol. The van der Waals surface area contributed by atoms with Gasteiger partial charge in [-0.3, -0.25) is 0 Å². The first-order valence-corrected chi connectivity index (χ1v) is 7.57. The minimum atomic E-state index is 0.727. The first-order chi connectivity index (χ1) is 8.29. The van der Waals surface area contributed by atoms with Gasteiger partial charge in [0.1, 0.15) is 0 Å². The number of halogens is 1. The average molecular weight is 342 g/mol. The molecule has 0 saturated carbocycles. The Labute approximate surface area is 117 Å². The summed E-state index contributed by atoms with van der Waals surface area (Å²) in [5.74, 6) is 0. The summed E-state index contributed by atoms with van der Waals surface area (Å²) >= 11 is 2.47. The third-order valence-electron chi connectivity index (χ3n) is 4.27. The van der Waals surface area contributed by atoms with E-state index in [1.807, 2.05) is 0 Å². The summed E-state index contributed by atoms with van der Waals surface area (Å²) in [6.45, 7) is 0. The molecule has 0 aromatic heterocycles. The van der Waals surface area contributed by atoms with Gasteiger partial charge in [0.05, 0.1) is 5.69 Å². The second-order valence-electron chi connectivity index (χ2n) is 5.20. The quantitative estimate of drug-likeness (QED) is 0.832. The molecule has 2 nitrogen and oxygen atoms in total. The molecule has 1 aromatic rings. The molecule has 2 bridgehead atoms. The van der Waals surface area contributed by atoms with E-state index >= 15 is 0 Å². The van der Waals surface area contributed by atoms with Crippen molar-refractivity contribution in [3.05, 3.63) is 27.8 Å². The van der Waals surface area contributed by atoms with Crippen molar-refractivity contribution in [3.63, 3.8) is 0 Å². The van der Waals surface area contributed by atoms with E-state index in [4.69, 9.17) is 0 Å². The van der Waals surface area contributed by atoms with Gasteiger partial charge in [-0.15, -0.1) is 0 Å². The number of nitrogens with one attached hydrogen (secondary N) is 1. The van der Waals surface area contributed by atoms with Crippen LogP contribution in [0.1, 0.15) is 25.7 Å². The lowest BCUT2D eigenvalue weighted by atomic mass is 9.97. The Kier molecular flexibility index (Phi) is 3.30. The third-order valence-corrected chi connectivity index (χ3v) is 5.18. The van der Waals surface area contributed by atoms with Crippen molar-refractivity contribution in [1.29, 1.82) is 0 Å². The van der Waals surface area contributed by atoms with E-state index in [-0.39, 0.29) is 0 Å². The molecule has 1 N–H and O–H groups in total. The zero-order valence-corrected chi connectivity index (χ0v) is 12.4. The molecule has 0 amide bonds. The van der Waals surface area contributed by atoms with E-state index in [9.17, 15) is 0 Å². The van der Waals surface area contributed by atoms with Gasteiger partial charge >= 0.3 is 0 Å². The van der Waals surface area contributed by atoms with Crippen molar-refractivity contribution in [3.8, 4) is 0 Å². The fourth-order valence-electron chi connectivity index (χ4n) is 3.47. The predicted octanol–water partition coefficient (Wildman–Crippen LogP) is 3.01. The normalized spacial score (nSPS) is 31.9. The Hall–Kier alpha value is -0.290. The van der Waals surface area contributed by atoms with Crippen molar-refractivity contribution in [1.82, 2.24) is 5.32 Å². The van der Waals surface area contributed by atoms with Crippen molar-refractivity contribution >= 4 is 28.3 Å². The number of fused-ring (bicyclic) bond motifs is 2. The largest absolute Gasteiger partial charge is 0.365 e. The number of para-hydroxylation sites is 1. The number of hydrogen-bond donors (Lipinski definition) is 1. The summed E-state index contributed by atoms with van der Waals surface area (Å²) in [4.78, 5) is 2.69. The molecular formula is C14H19IN2. The number of piperidine rings is 1. The van der Waals surface area contributed by atoms with Crippen molar-refractivity contribution in [2.75, 3.05) is 11.9 Å². The molecule has 17 heavy (non-hydrogen) atoms. The Morgan fingerprint density at radius 2 is 1.82 bits per heavy atom. The number of nitrogens with zero attached hydrogens (tertiary/aromatic N) is 1. The lowest BCUT2D eigenvalue weighted by molar-refractivity contribution is 0.373. The van der Waals surface area contributed by atoms with E-state index in [1.54, 1.807) is 0 Å². The zero-order valence-electron chi connectivity index (χ0n) is 10.2. The fraction of sp³-hybridized carbons (Fsp3) is 0.571. The zero-order chi connectivity index (χ0) is 11.8. The number of rotatable bonds is 2. The average Bonchev–Trinajstić information content (AvgIpc) is 2.60. The van der Waals surface area contributed by atoms with Crippen molar-refractivity contribution in [2.24, 2.45) is 0 Å². The van der Waals surface area contributed by atoms with Crippen LogP contribution in [-0.4, -0.2) is 25.2 Å². The minimum Gasteiger partial charge on any atom is -0.365 e. The van der Waals surface area contributed by atoms with Crippen LogP contribution in [-0.2, 0) is 0 Å². The van der Waals surface area contributed by atoms with Gasteiger partial charge in [-0.1, -0.05) is 12.1 Å². The van der Waals surface area contributed by atoms with Crippen molar-refractivity contribution in [2.45, 2.75) is 43.8 Å². The molecule has 2 aliphatic heterocycles. The van der Waals surface area contributed by atoms with Gasteiger partial charge in [0.25, 0.3) is 0 Å². The van der Waals surface area contributed by atoms with E-state index in [0.717, 1.165) is 18.1 Å². The van der Waals surface area contributed by atoms with Gasteiger partial charge < -0.3 is 10.2 Å². The summed E-state index contributed by atoms with van der Waals surface area (Å²) in [7, 11) is 2.10. The molecule has 1 aromatic carbocycles. The second-order valence-corrected chi connectivity index (χ2v) is 6.36. The van der Waals surface area contributed by atoms with Crippen LogP contribution in [0.15, 0.2) is 24.3 Å². The number of hydrogen-bond acceptors (Lipinski definition) is 2. The molecule has 3 rings (SSSR count). The molecule has 2 heterocycles. The number of benzene rings is 1. The molecule has 2 aliphatic rings. The summed E-state index contributed by atoms with van der Waals surface area (Å²) in [6, 6.07) is 11.0. The van der Waals surface area contributed by atoms with Gasteiger partial charge in [-0.25, -0.2) is 0 Å². The molecule has 0 aliphatic carbocycles.